The zero-order valence-corrected chi connectivity index (χ0v) is 7.65. The second-order valence-electron chi connectivity index (χ2n) is 2.31. The minimum atomic E-state index is 1.13. The van der Waals surface area contributed by atoms with E-state index in [1.165, 1.54) is 5.70 Å². The SMILES string of the molecule is C/C=C(/CC)N(CC)CC. The topological polar surface area (TPSA) is 3.24 Å². The quantitative estimate of drug-likeness (QED) is 0.581. The Morgan fingerprint density at radius 2 is 1.70 bits per heavy atom. The number of nitrogens with zero attached hydrogens (tertiary/aromatic N) is 1. The van der Waals surface area contributed by atoms with Crippen LogP contribution in [0.3, 0.4) is 0 Å². The summed E-state index contributed by atoms with van der Waals surface area (Å²) in [5, 5.41) is 0. The summed E-state index contributed by atoms with van der Waals surface area (Å²) in [7, 11) is 0. The van der Waals surface area contributed by atoms with Crippen molar-refractivity contribution in [3.8, 4) is 0 Å². The molecule has 0 fully saturated rings. The van der Waals surface area contributed by atoms with Gasteiger partial charge in [-0.25, -0.2) is 0 Å². The summed E-state index contributed by atoms with van der Waals surface area (Å²) in [6.45, 7) is 11.0. The average Bonchev–Trinajstić information content (AvgIpc) is 2.00. The minimum Gasteiger partial charge on any atom is -0.376 e. The molecule has 0 aliphatic heterocycles. The standard InChI is InChI=1S/C9H19N/c1-5-9(6-2)10(7-3)8-4/h5H,6-8H2,1-4H3/b9-5-. The molecule has 0 unspecified atom stereocenters. The lowest BCUT2D eigenvalue weighted by molar-refractivity contribution is 0.371. The van der Waals surface area contributed by atoms with E-state index in [1.807, 2.05) is 0 Å². The van der Waals surface area contributed by atoms with Crippen LogP contribution in [0.2, 0.25) is 0 Å². The van der Waals surface area contributed by atoms with E-state index < -0.39 is 0 Å². The van der Waals surface area contributed by atoms with E-state index in [0.29, 0.717) is 0 Å². The van der Waals surface area contributed by atoms with E-state index in [2.05, 4.69) is 38.7 Å². The molecule has 0 saturated heterocycles. The summed E-state index contributed by atoms with van der Waals surface area (Å²) in [6.07, 6.45) is 3.35. The summed E-state index contributed by atoms with van der Waals surface area (Å²) in [5.41, 5.74) is 1.46. The van der Waals surface area contributed by atoms with Gasteiger partial charge in [-0.05, 0) is 27.2 Å². The van der Waals surface area contributed by atoms with Gasteiger partial charge in [0.25, 0.3) is 0 Å². The van der Waals surface area contributed by atoms with Gasteiger partial charge in [-0.15, -0.1) is 0 Å². The van der Waals surface area contributed by atoms with Crippen LogP contribution in [0, 0.1) is 0 Å². The van der Waals surface area contributed by atoms with E-state index >= 15 is 0 Å². The second kappa shape index (κ2) is 5.33. The van der Waals surface area contributed by atoms with Crippen molar-refractivity contribution in [2.75, 3.05) is 13.1 Å². The van der Waals surface area contributed by atoms with Gasteiger partial charge in [0.05, 0.1) is 0 Å². The predicted octanol–water partition coefficient (Wildman–Crippen LogP) is 2.64. The fourth-order valence-electron chi connectivity index (χ4n) is 1.24. The Morgan fingerprint density at radius 1 is 1.20 bits per heavy atom. The molecule has 0 aromatic heterocycles. The molecule has 0 aromatic carbocycles. The van der Waals surface area contributed by atoms with E-state index in [1.54, 1.807) is 0 Å². The Hall–Kier alpha value is -0.460. The first-order chi connectivity index (χ1) is 4.79. The molecule has 60 valence electrons. The van der Waals surface area contributed by atoms with Gasteiger partial charge in [-0.3, -0.25) is 0 Å². The summed E-state index contributed by atoms with van der Waals surface area (Å²) in [4.78, 5) is 2.39. The smallest absolute Gasteiger partial charge is 0.0146 e. The molecule has 0 heterocycles. The van der Waals surface area contributed by atoms with E-state index in [4.69, 9.17) is 0 Å². The average molecular weight is 141 g/mol. The molecule has 0 aromatic rings. The van der Waals surface area contributed by atoms with Crippen molar-refractivity contribution in [2.45, 2.75) is 34.1 Å². The van der Waals surface area contributed by atoms with Crippen LogP contribution in [0.5, 0.6) is 0 Å². The van der Waals surface area contributed by atoms with Crippen molar-refractivity contribution in [3.63, 3.8) is 0 Å². The molecule has 0 spiro atoms. The zero-order valence-electron chi connectivity index (χ0n) is 7.65. The van der Waals surface area contributed by atoms with E-state index in [0.717, 1.165) is 19.5 Å². The number of allylic oxidation sites excluding steroid dienone is 2. The van der Waals surface area contributed by atoms with Crippen LogP contribution < -0.4 is 0 Å². The third-order valence-electron chi connectivity index (χ3n) is 1.87. The largest absolute Gasteiger partial charge is 0.376 e. The van der Waals surface area contributed by atoms with Crippen molar-refractivity contribution < 1.29 is 0 Å². The van der Waals surface area contributed by atoms with Crippen LogP contribution >= 0.6 is 0 Å². The fraction of sp³-hybridized carbons (Fsp3) is 0.778. The molecular formula is C9H19N. The Morgan fingerprint density at radius 3 is 1.80 bits per heavy atom. The van der Waals surface area contributed by atoms with E-state index in [-0.39, 0.29) is 0 Å². The first-order valence-corrected chi connectivity index (χ1v) is 4.20. The minimum absolute atomic E-state index is 1.13. The highest BCUT2D eigenvalue weighted by Crippen LogP contribution is 2.06. The van der Waals surface area contributed by atoms with Crippen molar-refractivity contribution in [1.29, 1.82) is 0 Å². The van der Waals surface area contributed by atoms with E-state index in [9.17, 15) is 0 Å². The van der Waals surface area contributed by atoms with Crippen LogP contribution in [0.1, 0.15) is 34.1 Å². The van der Waals surface area contributed by atoms with Crippen LogP contribution in [0.25, 0.3) is 0 Å². The highest BCUT2D eigenvalue weighted by Gasteiger charge is 1.99. The molecular weight excluding hydrogens is 122 g/mol. The van der Waals surface area contributed by atoms with Gasteiger partial charge in [0.15, 0.2) is 0 Å². The molecule has 0 atom stereocenters. The number of hydrogen-bond donors (Lipinski definition) is 0. The van der Waals surface area contributed by atoms with Crippen LogP contribution in [0.4, 0.5) is 0 Å². The maximum atomic E-state index is 2.39. The Labute approximate surface area is 64.7 Å². The lowest BCUT2D eigenvalue weighted by Crippen LogP contribution is -2.21. The molecule has 1 nitrogen and oxygen atoms in total. The molecule has 10 heavy (non-hydrogen) atoms. The summed E-state index contributed by atoms with van der Waals surface area (Å²) in [5.74, 6) is 0. The van der Waals surface area contributed by atoms with Gasteiger partial charge < -0.3 is 4.90 Å². The third kappa shape index (κ3) is 2.42. The highest BCUT2D eigenvalue weighted by molar-refractivity contribution is 4.97. The molecule has 0 amide bonds. The van der Waals surface area contributed by atoms with Gasteiger partial charge >= 0.3 is 0 Å². The molecule has 0 radical (unpaired) electrons. The van der Waals surface area contributed by atoms with Crippen molar-refractivity contribution >= 4 is 0 Å². The highest BCUT2D eigenvalue weighted by atomic mass is 15.1. The van der Waals surface area contributed by atoms with Crippen LogP contribution in [-0.4, -0.2) is 18.0 Å². The van der Waals surface area contributed by atoms with Crippen molar-refractivity contribution in [3.05, 3.63) is 11.8 Å². The lowest BCUT2D eigenvalue weighted by Gasteiger charge is -2.23. The summed E-state index contributed by atoms with van der Waals surface area (Å²) in [6, 6.07) is 0. The Bertz CT molecular complexity index is 101. The maximum absolute atomic E-state index is 2.39. The van der Waals surface area contributed by atoms with Gasteiger partial charge in [0.1, 0.15) is 0 Å². The molecule has 0 N–H and O–H groups in total. The lowest BCUT2D eigenvalue weighted by atomic mass is 10.3. The molecule has 0 saturated carbocycles. The summed E-state index contributed by atoms with van der Waals surface area (Å²) >= 11 is 0. The maximum Gasteiger partial charge on any atom is 0.0146 e. The van der Waals surface area contributed by atoms with Gasteiger partial charge in [-0.1, -0.05) is 13.0 Å². The predicted molar refractivity (Wildman–Crippen MR) is 47.0 cm³/mol. The molecule has 0 aliphatic rings. The molecule has 0 aliphatic carbocycles. The Kier molecular flexibility index (Phi) is 5.09. The van der Waals surface area contributed by atoms with Crippen LogP contribution in [0.15, 0.2) is 11.8 Å². The number of rotatable bonds is 4. The normalized spacial score (nSPS) is 11.8. The van der Waals surface area contributed by atoms with Gasteiger partial charge in [0.2, 0.25) is 0 Å². The Balaban J connectivity index is 3.97. The zero-order chi connectivity index (χ0) is 7.98. The molecule has 1 heteroatoms. The number of hydrogen-bond acceptors (Lipinski definition) is 1. The first kappa shape index (κ1) is 9.54. The second-order valence-corrected chi connectivity index (χ2v) is 2.31. The van der Waals surface area contributed by atoms with Gasteiger partial charge in [0, 0.05) is 18.8 Å². The van der Waals surface area contributed by atoms with Crippen molar-refractivity contribution in [2.24, 2.45) is 0 Å². The fourth-order valence-corrected chi connectivity index (χ4v) is 1.24. The monoisotopic (exact) mass is 141 g/mol. The van der Waals surface area contributed by atoms with Crippen molar-refractivity contribution in [1.82, 2.24) is 4.90 Å². The van der Waals surface area contributed by atoms with Gasteiger partial charge in [-0.2, -0.15) is 0 Å². The molecule has 0 rings (SSSR count). The molecule has 0 bridgehead atoms. The summed E-state index contributed by atoms with van der Waals surface area (Å²) < 4.78 is 0. The first-order valence-electron chi connectivity index (χ1n) is 4.20. The van der Waals surface area contributed by atoms with Crippen LogP contribution in [-0.2, 0) is 0 Å². The third-order valence-corrected chi connectivity index (χ3v) is 1.87.